The molecule has 160 valence electrons. The molecule has 1 aliphatic rings. The third kappa shape index (κ3) is 4.57. The van der Waals surface area contributed by atoms with E-state index in [9.17, 15) is 9.59 Å². The number of esters is 1. The smallest absolute Gasteiger partial charge is 0.340 e. The minimum Gasteiger partial charge on any atom is -0.493 e. The monoisotopic (exact) mass is 485 g/mol. The highest BCUT2D eigenvalue weighted by Crippen LogP contribution is 2.46. The van der Waals surface area contributed by atoms with Crippen LogP contribution < -0.4 is 9.47 Å². The van der Waals surface area contributed by atoms with Gasteiger partial charge >= 0.3 is 5.97 Å². The molecule has 0 N–H and O–H groups in total. The van der Waals surface area contributed by atoms with Gasteiger partial charge in [0, 0.05) is 32.5 Å². The van der Waals surface area contributed by atoms with E-state index in [0.29, 0.717) is 40.2 Å². The van der Waals surface area contributed by atoms with Crippen LogP contribution in [-0.2, 0) is 16.0 Å². The summed E-state index contributed by atoms with van der Waals surface area (Å²) < 4.78 is 17.0. The highest BCUT2D eigenvalue weighted by Gasteiger charge is 2.37. The molecule has 0 bridgehead atoms. The van der Waals surface area contributed by atoms with Crippen molar-refractivity contribution in [3.63, 3.8) is 0 Å². The van der Waals surface area contributed by atoms with Crippen molar-refractivity contribution in [1.29, 1.82) is 0 Å². The fourth-order valence-electron chi connectivity index (χ4n) is 3.47. The average molecular weight is 486 g/mol. The molecule has 0 atom stereocenters. The molecule has 0 aromatic heterocycles. The number of rotatable bonds is 6. The number of ketones is 1. The topological polar surface area (TPSA) is 111 Å². The van der Waals surface area contributed by atoms with Crippen molar-refractivity contribution < 1.29 is 23.8 Å². The van der Waals surface area contributed by atoms with Crippen LogP contribution in [0.5, 0.6) is 11.5 Å². The van der Waals surface area contributed by atoms with Gasteiger partial charge < -0.3 is 14.2 Å². The molecule has 3 rings (SSSR count). The van der Waals surface area contributed by atoms with E-state index in [1.165, 1.54) is 20.3 Å². The van der Waals surface area contributed by atoms with Crippen LogP contribution >= 0.6 is 15.9 Å². The third-order valence-corrected chi connectivity index (χ3v) is 5.22. The lowest BCUT2D eigenvalue weighted by Crippen LogP contribution is -2.25. The minimum atomic E-state index is -0.824. The molecule has 0 radical (unpaired) electrons. The third-order valence-electron chi connectivity index (χ3n) is 4.73. The van der Waals surface area contributed by atoms with Crippen LogP contribution in [0.3, 0.4) is 0 Å². The van der Waals surface area contributed by atoms with Crippen LogP contribution in [0.1, 0.15) is 40.9 Å². The maximum atomic E-state index is 13.6. The van der Waals surface area contributed by atoms with E-state index in [1.807, 2.05) is 19.9 Å². The summed E-state index contributed by atoms with van der Waals surface area (Å²) in [6.45, 7) is 3.82. The van der Waals surface area contributed by atoms with Crippen LogP contribution in [0.2, 0.25) is 0 Å². The predicted molar refractivity (Wildman–Crippen MR) is 118 cm³/mol. The summed E-state index contributed by atoms with van der Waals surface area (Å²) in [5, 5.41) is 3.43. The zero-order valence-electron chi connectivity index (χ0n) is 17.4. The molecule has 1 aliphatic heterocycles. The van der Waals surface area contributed by atoms with Crippen molar-refractivity contribution in [3.05, 3.63) is 73.2 Å². The number of carbonyl (C=O) groups excluding carboxylic acids is 2. The van der Waals surface area contributed by atoms with E-state index in [0.717, 1.165) is 4.47 Å². The maximum absolute atomic E-state index is 13.6. The van der Waals surface area contributed by atoms with Gasteiger partial charge in [-0.2, -0.15) is 0 Å². The summed E-state index contributed by atoms with van der Waals surface area (Å²) in [6.07, 6.45) is 1.77. The summed E-state index contributed by atoms with van der Waals surface area (Å²) in [5.74, 6) is -0.207. The first-order chi connectivity index (χ1) is 14.7. The van der Waals surface area contributed by atoms with Gasteiger partial charge in [-0.1, -0.05) is 33.2 Å². The summed E-state index contributed by atoms with van der Waals surface area (Å²) in [7, 11) is 2.67. The van der Waals surface area contributed by atoms with Crippen LogP contribution in [0.25, 0.3) is 16.5 Å². The first-order valence-corrected chi connectivity index (χ1v) is 10.1. The Morgan fingerprint density at radius 1 is 1.29 bits per heavy atom. The second-order valence-electron chi connectivity index (χ2n) is 7.44. The van der Waals surface area contributed by atoms with Crippen molar-refractivity contribution in [2.75, 3.05) is 14.2 Å². The molecule has 2 aromatic rings. The van der Waals surface area contributed by atoms with Crippen molar-refractivity contribution in [1.82, 2.24) is 0 Å². The zero-order chi connectivity index (χ0) is 22.8. The van der Waals surface area contributed by atoms with E-state index in [4.69, 9.17) is 19.7 Å². The van der Waals surface area contributed by atoms with Gasteiger partial charge in [0.05, 0.1) is 14.2 Å². The number of benzene rings is 2. The van der Waals surface area contributed by atoms with Gasteiger partial charge in [-0.3, -0.25) is 4.79 Å². The Morgan fingerprint density at radius 3 is 2.65 bits per heavy atom. The molecule has 1 heterocycles. The fraction of sp³-hybridized carbons (Fsp3) is 0.273. The van der Waals surface area contributed by atoms with Gasteiger partial charge in [0.1, 0.15) is 11.3 Å². The minimum absolute atomic E-state index is 0.266. The molecule has 31 heavy (non-hydrogen) atoms. The number of hydrogen-bond donors (Lipinski definition) is 0. The van der Waals surface area contributed by atoms with E-state index in [1.54, 1.807) is 24.3 Å². The van der Waals surface area contributed by atoms with E-state index in [2.05, 4.69) is 26.0 Å². The van der Waals surface area contributed by atoms with Crippen molar-refractivity contribution in [2.45, 2.75) is 25.9 Å². The SMILES string of the molecule is COC(=O)C(=Cc1cc(OC)c2c(c1C(=O)c1cccc(Br)c1)CC(C)(C)O2)N=[N+]=[N-]. The number of carbonyl (C=O) groups is 2. The largest absolute Gasteiger partial charge is 0.493 e. The summed E-state index contributed by atoms with van der Waals surface area (Å²) >= 11 is 3.39. The van der Waals surface area contributed by atoms with Crippen LogP contribution in [0.15, 0.2) is 45.6 Å². The number of ether oxygens (including phenoxy) is 3. The van der Waals surface area contributed by atoms with Gasteiger partial charge in [-0.25, -0.2) is 4.79 Å². The summed E-state index contributed by atoms with van der Waals surface area (Å²) in [6, 6.07) is 8.58. The van der Waals surface area contributed by atoms with E-state index >= 15 is 0 Å². The first kappa shape index (κ1) is 22.4. The van der Waals surface area contributed by atoms with Gasteiger partial charge in [0.15, 0.2) is 17.3 Å². The second-order valence-corrected chi connectivity index (χ2v) is 8.36. The highest BCUT2D eigenvalue weighted by atomic mass is 79.9. The van der Waals surface area contributed by atoms with Crippen LogP contribution in [0.4, 0.5) is 0 Å². The van der Waals surface area contributed by atoms with E-state index in [-0.39, 0.29) is 11.5 Å². The Labute approximate surface area is 187 Å². The maximum Gasteiger partial charge on any atom is 0.340 e. The molecule has 0 saturated carbocycles. The molecule has 0 unspecified atom stereocenters. The number of nitrogens with zero attached hydrogens (tertiary/aromatic N) is 3. The number of azide groups is 1. The number of halogens is 1. The van der Waals surface area contributed by atoms with Crippen molar-refractivity contribution in [2.24, 2.45) is 5.11 Å². The lowest BCUT2D eigenvalue weighted by molar-refractivity contribution is -0.136. The predicted octanol–water partition coefficient (Wildman–Crippen LogP) is 5.23. The Morgan fingerprint density at radius 2 is 2.03 bits per heavy atom. The Kier molecular flexibility index (Phi) is 6.38. The molecule has 2 aromatic carbocycles. The standard InChI is InChI=1S/C22H20BrN3O5/c1-22(2)11-15-18(19(27)12-6-5-7-14(23)8-12)13(10-17(29-3)20(15)31-22)9-16(25-26-24)21(28)30-4/h5-10H,11H2,1-4H3. The molecular weight excluding hydrogens is 466 g/mol. The van der Waals surface area contributed by atoms with Gasteiger partial charge in [0.25, 0.3) is 0 Å². The molecule has 9 heteroatoms. The lowest BCUT2D eigenvalue weighted by Gasteiger charge is -2.17. The van der Waals surface area contributed by atoms with Gasteiger partial charge in [0.2, 0.25) is 0 Å². The first-order valence-electron chi connectivity index (χ1n) is 9.29. The molecule has 0 amide bonds. The fourth-order valence-corrected chi connectivity index (χ4v) is 3.87. The molecule has 0 fully saturated rings. The number of hydrogen-bond acceptors (Lipinski definition) is 6. The second kappa shape index (κ2) is 8.83. The van der Waals surface area contributed by atoms with Gasteiger partial charge in [-0.15, -0.1) is 0 Å². The van der Waals surface area contributed by atoms with Crippen molar-refractivity contribution in [3.8, 4) is 11.5 Å². The molecule has 0 aliphatic carbocycles. The van der Waals surface area contributed by atoms with E-state index < -0.39 is 11.6 Å². The highest BCUT2D eigenvalue weighted by molar-refractivity contribution is 9.10. The number of fused-ring (bicyclic) bond motifs is 1. The Hall–Kier alpha value is -3.29. The average Bonchev–Trinajstić information content (AvgIpc) is 3.06. The molecule has 0 saturated heterocycles. The van der Waals surface area contributed by atoms with Crippen molar-refractivity contribution >= 4 is 33.8 Å². The summed E-state index contributed by atoms with van der Waals surface area (Å²) in [4.78, 5) is 28.4. The molecular formula is C22H20BrN3O5. The Balaban J connectivity index is 2.33. The number of methoxy groups -OCH3 is 2. The molecule has 0 spiro atoms. The van der Waals surface area contributed by atoms with Crippen LogP contribution in [0, 0.1) is 0 Å². The van der Waals surface area contributed by atoms with Crippen LogP contribution in [-0.4, -0.2) is 31.6 Å². The lowest BCUT2D eigenvalue weighted by atomic mass is 9.88. The van der Waals surface area contributed by atoms with Gasteiger partial charge in [-0.05, 0) is 49.2 Å². The normalized spacial score (nSPS) is 14.2. The quantitative estimate of drug-likeness (QED) is 0.139. The molecule has 8 nitrogen and oxygen atoms in total. The summed E-state index contributed by atoms with van der Waals surface area (Å²) in [5.41, 5.74) is 9.83. The Bertz CT molecular complexity index is 1150. The zero-order valence-corrected chi connectivity index (χ0v) is 19.0.